The number of nitrogens with one attached hydrogen (secondary N) is 1. The number of nitrogens with zero attached hydrogens (tertiary/aromatic N) is 2. The van der Waals surface area contributed by atoms with Crippen LogP contribution < -0.4 is 4.74 Å². The zero-order chi connectivity index (χ0) is 14.8. The van der Waals surface area contributed by atoms with Crippen LogP contribution in [-0.4, -0.2) is 17.1 Å². The molecule has 2 aromatic rings. The Hall–Kier alpha value is -2.28. The molecule has 0 fully saturated rings. The number of ether oxygens (including phenoxy) is 1. The highest BCUT2D eigenvalue weighted by molar-refractivity contribution is 5.62. The van der Waals surface area contributed by atoms with E-state index < -0.39 is 5.41 Å². The summed E-state index contributed by atoms with van der Waals surface area (Å²) in [5.41, 5.74) is 2.51. The minimum absolute atomic E-state index is 0.613. The zero-order valence-electron chi connectivity index (χ0n) is 12.3. The first-order valence-electron chi connectivity index (χ1n) is 6.66. The molecule has 0 bridgehead atoms. The van der Waals surface area contributed by atoms with E-state index in [4.69, 9.17) is 10.00 Å². The number of hydrogen-bond acceptors (Lipinski definition) is 3. The molecule has 0 amide bonds. The fraction of sp³-hybridized carbons (Fsp3) is 0.375. The molecule has 0 aliphatic rings. The Labute approximate surface area is 119 Å². The largest absolute Gasteiger partial charge is 0.496 e. The van der Waals surface area contributed by atoms with Gasteiger partial charge in [0, 0.05) is 5.56 Å². The number of benzene rings is 1. The average Bonchev–Trinajstić information content (AvgIpc) is 2.97. The number of hydrogen-bond donors (Lipinski definition) is 1. The molecule has 1 aromatic heterocycles. The molecular weight excluding hydrogens is 250 g/mol. The van der Waals surface area contributed by atoms with Gasteiger partial charge in [-0.1, -0.05) is 6.92 Å². The summed E-state index contributed by atoms with van der Waals surface area (Å²) >= 11 is 0. The molecule has 104 valence electrons. The maximum absolute atomic E-state index is 9.15. The van der Waals surface area contributed by atoms with E-state index in [1.165, 1.54) is 0 Å². The topological polar surface area (TPSA) is 61.7 Å². The van der Waals surface area contributed by atoms with E-state index in [1.807, 2.05) is 26.0 Å². The molecule has 20 heavy (non-hydrogen) atoms. The predicted molar refractivity (Wildman–Crippen MR) is 78.6 cm³/mol. The van der Waals surface area contributed by atoms with Gasteiger partial charge in [-0.25, -0.2) is 4.98 Å². The Morgan fingerprint density at radius 2 is 2.15 bits per heavy atom. The molecule has 0 unspecified atom stereocenters. The Kier molecular flexibility index (Phi) is 3.80. The van der Waals surface area contributed by atoms with Gasteiger partial charge in [0.25, 0.3) is 0 Å². The lowest BCUT2D eigenvalue weighted by molar-refractivity contribution is 0.410. The van der Waals surface area contributed by atoms with Crippen molar-refractivity contribution in [1.82, 2.24) is 9.97 Å². The molecule has 0 aliphatic carbocycles. The molecule has 1 N–H and O–H groups in total. The summed E-state index contributed by atoms with van der Waals surface area (Å²) in [6, 6.07) is 8.30. The van der Waals surface area contributed by atoms with Crippen LogP contribution in [0.15, 0.2) is 24.4 Å². The summed E-state index contributed by atoms with van der Waals surface area (Å²) in [5.74, 6) is 1.58. The highest BCUT2D eigenvalue weighted by Gasteiger charge is 2.23. The van der Waals surface area contributed by atoms with Crippen LogP contribution in [0.5, 0.6) is 5.75 Å². The second-order valence-corrected chi connectivity index (χ2v) is 5.26. The summed E-state index contributed by atoms with van der Waals surface area (Å²) in [7, 11) is 1.68. The van der Waals surface area contributed by atoms with Crippen molar-refractivity contribution in [2.45, 2.75) is 32.6 Å². The van der Waals surface area contributed by atoms with Crippen LogP contribution in [0.25, 0.3) is 11.3 Å². The second kappa shape index (κ2) is 5.38. The second-order valence-electron chi connectivity index (χ2n) is 5.26. The number of aryl methyl sites for hydroxylation is 1. The first-order chi connectivity index (χ1) is 9.51. The van der Waals surface area contributed by atoms with Crippen molar-refractivity contribution in [3.05, 3.63) is 35.8 Å². The molecular formula is C16H19N3O. The molecule has 0 atom stereocenters. The van der Waals surface area contributed by atoms with Gasteiger partial charge in [-0.2, -0.15) is 5.26 Å². The first kappa shape index (κ1) is 14.1. The van der Waals surface area contributed by atoms with Gasteiger partial charge >= 0.3 is 0 Å². The minimum atomic E-state index is -0.613. The van der Waals surface area contributed by atoms with Gasteiger partial charge < -0.3 is 9.72 Å². The van der Waals surface area contributed by atoms with Gasteiger partial charge in [0.1, 0.15) is 17.0 Å². The van der Waals surface area contributed by atoms with Gasteiger partial charge in [0.2, 0.25) is 0 Å². The van der Waals surface area contributed by atoms with Crippen LogP contribution in [0.1, 0.15) is 32.2 Å². The number of H-pyrrole nitrogens is 1. The standard InChI is InChI=1S/C16H19N3O/c1-5-11-8-12(6-7-14(11)20-4)13-9-18-15(19-13)16(2,3)10-17/h6-9H,5H2,1-4H3,(H,18,19). The van der Waals surface area contributed by atoms with Crippen molar-refractivity contribution in [3.8, 4) is 23.1 Å². The molecule has 4 nitrogen and oxygen atoms in total. The fourth-order valence-corrected chi connectivity index (χ4v) is 2.06. The van der Waals surface area contributed by atoms with Crippen LogP contribution in [-0.2, 0) is 11.8 Å². The SMILES string of the molecule is CCc1cc(-c2cnc(C(C)(C)C#N)[nH]2)ccc1OC. The molecule has 1 aromatic carbocycles. The van der Waals surface area contributed by atoms with Crippen molar-refractivity contribution in [2.24, 2.45) is 0 Å². The highest BCUT2D eigenvalue weighted by atomic mass is 16.5. The predicted octanol–water partition coefficient (Wildman–Crippen LogP) is 3.45. The summed E-state index contributed by atoms with van der Waals surface area (Å²) in [6.45, 7) is 5.79. The number of methoxy groups -OCH3 is 1. The van der Waals surface area contributed by atoms with Crippen LogP contribution in [0.4, 0.5) is 0 Å². The third-order valence-corrected chi connectivity index (χ3v) is 3.42. The molecule has 0 saturated heterocycles. The van der Waals surface area contributed by atoms with Gasteiger partial charge in [-0.15, -0.1) is 0 Å². The molecule has 0 saturated carbocycles. The average molecular weight is 269 g/mol. The fourth-order valence-electron chi connectivity index (χ4n) is 2.06. The monoisotopic (exact) mass is 269 g/mol. The number of imidazole rings is 1. The Morgan fingerprint density at radius 3 is 2.75 bits per heavy atom. The van der Waals surface area contributed by atoms with Gasteiger partial charge in [0.15, 0.2) is 0 Å². The third kappa shape index (κ3) is 2.53. The lowest BCUT2D eigenvalue weighted by Crippen LogP contribution is -2.15. The molecule has 4 heteroatoms. The lowest BCUT2D eigenvalue weighted by atomic mass is 9.95. The van der Waals surface area contributed by atoms with Crippen molar-refractivity contribution >= 4 is 0 Å². The van der Waals surface area contributed by atoms with Crippen molar-refractivity contribution in [3.63, 3.8) is 0 Å². The molecule has 1 heterocycles. The number of aromatic amines is 1. The smallest absolute Gasteiger partial charge is 0.126 e. The van der Waals surface area contributed by atoms with Crippen LogP contribution in [0, 0.1) is 11.3 Å². The van der Waals surface area contributed by atoms with E-state index in [0.29, 0.717) is 5.82 Å². The maximum atomic E-state index is 9.15. The Bertz CT molecular complexity index is 650. The lowest BCUT2D eigenvalue weighted by Gasteiger charge is -2.11. The number of nitriles is 1. The van der Waals surface area contributed by atoms with E-state index in [0.717, 1.165) is 29.0 Å². The molecule has 0 aliphatic heterocycles. The molecule has 2 rings (SSSR count). The van der Waals surface area contributed by atoms with E-state index in [9.17, 15) is 0 Å². The maximum Gasteiger partial charge on any atom is 0.126 e. The highest BCUT2D eigenvalue weighted by Crippen LogP contribution is 2.28. The molecule has 0 radical (unpaired) electrons. The number of aromatic nitrogens is 2. The summed E-state index contributed by atoms with van der Waals surface area (Å²) in [4.78, 5) is 7.56. The molecule has 0 spiro atoms. The first-order valence-corrected chi connectivity index (χ1v) is 6.66. The van der Waals surface area contributed by atoms with Crippen molar-refractivity contribution in [2.75, 3.05) is 7.11 Å². The Morgan fingerprint density at radius 1 is 1.40 bits per heavy atom. The van der Waals surface area contributed by atoms with E-state index in [1.54, 1.807) is 13.3 Å². The van der Waals surface area contributed by atoms with E-state index in [-0.39, 0.29) is 0 Å². The normalized spacial score (nSPS) is 11.2. The van der Waals surface area contributed by atoms with Crippen LogP contribution >= 0.6 is 0 Å². The van der Waals surface area contributed by atoms with Crippen LogP contribution in [0.3, 0.4) is 0 Å². The van der Waals surface area contributed by atoms with Crippen molar-refractivity contribution in [1.29, 1.82) is 5.26 Å². The third-order valence-electron chi connectivity index (χ3n) is 3.42. The zero-order valence-corrected chi connectivity index (χ0v) is 12.3. The van der Waals surface area contributed by atoms with Crippen molar-refractivity contribution < 1.29 is 4.74 Å². The van der Waals surface area contributed by atoms with E-state index in [2.05, 4.69) is 29.0 Å². The van der Waals surface area contributed by atoms with E-state index >= 15 is 0 Å². The Balaban J connectivity index is 2.41. The summed E-state index contributed by atoms with van der Waals surface area (Å²) in [5, 5.41) is 9.15. The van der Waals surface area contributed by atoms with Gasteiger partial charge in [-0.05, 0) is 44.0 Å². The minimum Gasteiger partial charge on any atom is -0.496 e. The summed E-state index contributed by atoms with van der Waals surface area (Å²) < 4.78 is 5.34. The van der Waals surface area contributed by atoms with Crippen LogP contribution in [0.2, 0.25) is 0 Å². The van der Waals surface area contributed by atoms with Gasteiger partial charge in [0.05, 0.1) is 25.1 Å². The quantitative estimate of drug-likeness (QED) is 0.924. The van der Waals surface area contributed by atoms with Gasteiger partial charge in [-0.3, -0.25) is 0 Å². The number of rotatable bonds is 4. The summed E-state index contributed by atoms with van der Waals surface area (Å²) in [6.07, 6.45) is 2.68.